The average Bonchev–Trinajstić information content (AvgIpc) is 2.80. The van der Waals surface area contributed by atoms with Crippen molar-refractivity contribution in [2.75, 3.05) is 6.61 Å². The number of fused-ring (bicyclic) bond motifs is 1. The highest BCUT2D eigenvalue weighted by Crippen LogP contribution is 2.29. The van der Waals surface area contributed by atoms with Crippen molar-refractivity contribution < 1.29 is 23.5 Å². The van der Waals surface area contributed by atoms with E-state index in [2.05, 4.69) is 31.9 Å². The van der Waals surface area contributed by atoms with Crippen LogP contribution in [-0.4, -0.2) is 18.5 Å². The molecule has 6 nitrogen and oxygen atoms in total. The molecule has 0 saturated heterocycles. The Hall–Kier alpha value is -3.23. The molecular weight excluding hydrogens is 556 g/mol. The predicted octanol–water partition coefficient (Wildman–Crippen LogP) is 6.38. The molecule has 3 aromatic carbocycles. The summed E-state index contributed by atoms with van der Waals surface area (Å²) in [5, 5.41) is 0.238. The fraction of sp³-hybridized carbons (Fsp3) is 0.0800. The fourth-order valence-corrected chi connectivity index (χ4v) is 3.96. The molecule has 0 saturated carbocycles. The molecular formula is C25H16Br2O6. The van der Waals surface area contributed by atoms with E-state index in [1.807, 2.05) is 0 Å². The van der Waals surface area contributed by atoms with E-state index in [4.69, 9.17) is 13.9 Å². The summed E-state index contributed by atoms with van der Waals surface area (Å²) in [4.78, 5) is 38.5. The van der Waals surface area contributed by atoms with Crippen LogP contribution in [0.2, 0.25) is 0 Å². The van der Waals surface area contributed by atoms with Gasteiger partial charge < -0.3 is 13.9 Å². The Morgan fingerprint density at radius 1 is 0.939 bits per heavy atom. The highest BCUT2D eigenvalue weighted by atomic mass is 79.9. The second kappa shape index (κ2) is 9.72. The first-order chi connectivity index (χ1) is 15.9. The van der Waals surface area contributed by atoms with Gasteiger partial charge in [0.1, 0.15) is 11.3 Å². The molecule has 0 bridgehead atoms. The van der Waals surface area contributed by atoms with Crippen molar-refractivity contribution in [2.45, 2.75) is 6.92 Å². The summed E-state index contributed by atoms with van der Waals surface area (Å²) in [5.41, 5.74) is 0.663. The second-order valence-electron chi connectivity index (χ2n) is 6.89. The van der Waals surface area contributed by atoms with Gasteiger partial charge in [-0.25, -0.2) is 9.59 Å². The van der Waals surface area contributed by atoms with Crippen LogP contribution in [0.25, 0.3) is 22.1 Å². The molecule has 0 aliphatic heterocycles. The van der Waals surface area contributed by atoms with Crippen molar-refractivity contribution in [3.63, 3.8) is 0 Å². The quantitative estimate of drug-likeness (QED) is 0.204. The Kier molecular flexibility index (Phi) is 6.76. The number of ether oxygens (including phenoxy) is 2. The van der Waals surface area contributed by atoms with E-state index in [0.717, 1.165) is 4.47 Å². The largest absolute Gasteiger partial charge is 0.460 e. The Bertz CT molecular complexity index is 1420. The monoisotopic (exact) mass is 570 g/mol. The van der Waals surface area contributed by atoms with E-state index in [1.165, 1.54) is 18.2 Å². The first-order valence-corrected chi connectivity index (χ1v) is 11.5. The molecule has 4 rings (SSSR count). The molecule has 0 radical (unpaired) electrons. The van der Waals surface area contributed by atoms with Crippen LogP contribution >= 0.6 is 31.9 Å². The van der Waals surface area contributed by atoms with Gasteiger partial charge in [0.2, 0.25) is 11.2 Å². The first-order valence-electron chi connectivity index (χ1n) is 9.89. The van der Waals surface area contributed by atoms with Crippen LogP contribution in [0.5, 0.6) is 5.75 Å². The minimum atomic E-state index is -0.759. The summed E-state index contributed by atoms with van der Waals surface area (Å²) in [7, 11) is 0. The van der Waals surface area contributed by atoms with E-state index >= 15 is 0 Å². The van der Waals surface area contributed by atoms with E-state index in [9.17, 15) is 14.4 Å². The zero-order chi connectivity index (χ0) is 23.5. The minimum absolute atomic E-state index is 0.0985. The maximum Gasteiger partial charge on any atom is 0.375 e. The Morgan fingerprint density at radius 3 is 2.36 bits per heavy atom. The zero-order valence-corrected chi connectivity index (χ0v) is 20.4. The van der Waals surface area contributed by atoms with Crippen LogP contribution in [0.15, 0.2) is 84.9 Å². The number of esters is 2. The van der Waals surface area contributed by atoms with Crippen LogP contribution in [0.4, 0.5) is 0 Å². The van der Waals surface area contributed by atoms with E-state index in [0.29, 0.717) is 15.6 Å². The lowest BCUT2D eigenvalue weighted by molar-refractivity contribution is 0.0491. The van der Waals surface area contributed by atoms with Crippen molar-refractivity contribution in [3.8, 4) is 16.9 Å². The summed E-state index contributed by atoms with van der Waals surface area (Å²) in [6, 6.07) is 18.2. The normalized spacial score (nSPS) is 10.8. The summed E-state index contributed by atoms with van der Waals surface area (Å²) in [6.45, 7) is 1.78. The summed E-state index contributed by atoms with van der Waals surface area (Å²) in [6.07, 6.45) is 0. The Balaban J connectivity index is 1.82. The van der Waals surface area contributed by atoms with Gasteiger partial charge >= 0.3 is 11.9 Å². The molecule has 1 heterocycles. The molecule has 166 valence electrons. The molecule has 0 aliphatic rings. The summed E-state index contributed by atoms with van der Waals surface area (Å²) < 4.78 is 17.8. The topological polar surface area (TPSA) is 82.8 Å². The Morgan fingerprint density at radius 2 is 1.67 bits per heavy atom. The van der Waals surface area contributed by atoms with Crippen molar-refractivity contribution >= 4 is 54.8 Å². The van der Waals surface area contributed by atoms with Crippen molar-refractivity contribution in [1.82, 2.24) is 0 Å². The average molecular weight is 572 g/mol. The van der Waals surface area contributed by atoms with Crippen molar-refractivity contribution in [2.24, 2.45) is 0 Å². The minimum Gasteiger partial charge on any atom is -0.460 e. The van der Waals surface area contributed by atoms with E-state index in [1.54, 1.807) is 55.5 Å². The number of halogens is 2. The smallest absolute Gasteiger partial charge is 0.375 e. The number of hydrogen-bond acceptors (Lipinski definition) is 6. The Labute approximate surface area is 205 Å². The zero-order valence-electron chi connectivity index (χ0n) is 17.3. The van der Waals surface area contributed by atoms with Gasteiger partial charge in [-0.1, -0.05) is 40.2 Å². The summed E-state index contributed by atoms with van der Waals surface area (Å²) >= 11 is 6.68. The number of rotatable bonds is 5. The van der Waals surface area contributed by atoms with Crippen LogP contribution in [0.3, 0.4) is 0 Å². The molecule has 0 atom stereocenters. The molecule has 8 heteroatoms. The molecule has 0 amide bonds. The second-order valence-corrected chi connectivity index (χ2v) is 8.66. The van der Waals surface area contributed by atoms with Crippen molar-refractivity contribution in [1.29, 1.82) is 0 Å². The van der Waals surface area contributed by atoms with Crippen LogP contribution < -0.4 is 10.2 Å². The lowest BCUT2D eigenvalue weighted by atomic mass is 10.0. The molecule has 4 aromatic rings. The summed E-state index contributed by atoms with van der Waals surface area (Å²) in [5.74, 6) is -1.39. The van der Waals surface area contributed by atoms with Crippen LogP contribution in [0, 0.1) is 0 Å². The van der Waals surface area contributed by atoms with Gasteiger partial charge in [-0.3, -0.25) is 4.79 Å². The van der Waals surface area contributed by atoms with Gasteiger partial charge in [0.25, 0.3) is 0 Å². The fourth-order valence-electron chi connectivity index (χ4n) is 3.24. The van der Waals surface area contributed by atoms with Gasteiger partial charge in [-0.05, 0) is 64.8 Å². The molecule has 33 heavy (non-hydrogen) atoms. The van der Waals surface area contributed by atoms with Crippen LogP contribution in [0.1, 0.15) is 27.8 Å². The standard InChI is InChI=1S/C25H16Br2O6/c1-2-31-25(30)23-21(14-7-9-15(26)10-8-14)22(28)18-12-11-16(13-20(18)33-23)32-24(29)17-5-3-4-6-19(17)27/h3-13H,2H2,1H3. The number of benzene rings is 3. The van der Waals surface area contributed by atoms with Gasteiger partial charge in [0.05, 0.1) is 23.1 Å². The SMILES string of the molecule is CCOC(=O)c1oc2cc(OC(=O)c3ccccc3Br)ccc2c(=O)c1-c1ccc(Br)cc1. The highest BCUT2D eigenvalue weighted by molar-refractivity contribution is 9.10. The molecule has 1 aromatic heterocycles. The lowest BCUT2D eigenvalue weighted by Gasteiger charge is -2.11. The number of carbonyl (C=O) groups excluding carboxylic acids is 2. The van der Waals surface area contributed by atoms with Gasteiger partial charge in [-0.2, -0.15) is 0 Å². The van der Waals surface area contributed by atoms with E-state index in [-0.39, 0.29) is 34.6 Å². The third kappa shape index (κ3) is 4.77. The highest BCUT2D eigenvalue weighted by Gasteiger charge is 2.23. The van der Waals surface area contributed by atoms with Crippen molar-refractivity contribution in [3.05, 3.63) is 97.2 Å². The first kappa shape index (κ1) is 22.9. The lowest BCUT2D eigenvalue weighted by Crippen LogP contribution is -2.15. The van der Waals surface area contributed by atoms with Gasteiger partial charge in [0, 0.05) is 15.0 Å². The molecule has 0 spiro atoms. The third-order valence-corrected chi connectivity index (χ3v) is 5.98. The molecule has 0 N–H and O–H groups in total. The molecule has 0 aliphatic carbocycles. The van der Waals surface area contributed by atoms with E-state index < -0.39 is 17.4 Å². The van der Waals surface area contributed by atoms with Gasteiger partial charge in [0.15, 0.2) is 0 Å². The predicted molar refractivity (Wildman–Crippen MR) is 131 cm³/mol. The van der Waals surface area contributed by atoms with Gasteiger partial charge in [-0.15, -0.1) is 0 Å². The molecule has 0 fully saturated rings. The maximum atomic E-state index is 13.3. The third-order valence-electron chi connectivity index (χ3n) is 4.76. The molecule has 0 unspecified atom stereocenters. The number of hydrogen-bond donors (Lipinski definition) is 0. The maximum absolute atomic E-state index is 13.3. The number of carbonyl (C=O) groups is 2. The van der Waals surface area contributed by atoms with Crippen LogP contribution in [-0.2, 0) is 4.74 Å².